The molecular formula is C29H40F3N3O3Si. The van der Waals surface area contributed by atoms with Crippen LogP contribution in [0.15, 0.2) is 30.3 Å². The van der Waals surface area contributed by atoms with Crippen LogP contribution in [0, 0.1) is 0 Å². The SMILES string of the molecule is CCCCCC(C)(C)c1cc(CCC[Si]C(OCC)OCC)c(O)c(-n2nc3ccc(C(F)(F)F)cc3n2)c1. The molecule has 2 aromatic carbocycles. The number of aryl methyl sites for hydroxylation is 1. The van der Waals surface area contributed by atoms with Gasteiger partial charge in [-0.1, -0.05) is 58.6 Å². The van der Waals surface area contributed by atoms with Crippen molar-refractivity contribution in [1.29, 1.82) is 0 Å². The fourth-order valence-corrected chi connectivity index (χ4v) is 5.72. The van der Waals surface area contributed by atoms with Crippen molar-refractivity contribution in [2.45, 2.75) is 96.7 Å². The van der Waals surface area contributed by atoms with E-state index in [1.807, 2.05) is 19.9 Å². The van der Waals surface area contributed by atoms with Gasteiger partial charge in [0.25, 0.3) is 0 Å². The van der Waals surface area contributed by atoms with Crippen LogP contribution in [0.5, 0.6) is 5.75 Å². The smallest absolute Gasteiger partial charge is 0.416 e. The summed E-state index contributed by atoms with van der Waals surface area (Å²) in [5.41, 5.74) is 1.70. The molecule has 0 bridgehead atoms. The molecule has 0 unspecified atom stereocenters. The van der Waals surface area contributed by atoms with E-state index in [2.05, 4.69) is 37.0 Å². The number of phenolic OH excluding ortho intramolecular Hbond substituents is 1. The largest absolute Gasteiger partial charge is 0.505 e. The van der Waals surface area contributed by atoms with Gasteiger partial charge >= 0.3 is 6.18 Å². The Balaban J connectivity index is 1.95. The Morgan fingerprint density at radius 3 is 2.26 bits per heavy atom. The van der Waals surface area contributed by atoms with Gasteiger partial charge in [0.15, 0.2) is 0 Å². The summed E-state index contributed by atoms with van der Waals surface area (Å²) in [6.45, 7) is 11.6. The first-order valence-corrected chi connectivity index (χ1v) is 15.1. The van der Waals surface area contributed by atoms with Gasteiger partial charge < -0.3 is 14.6 Å². The number of aromatic nitrogens is 3. The van der Waals surface area contributed by atoms with Crippen LogP contribution >= 0.6 is 0 Å². The van der Waals surface area contributed by atoms with Crippen molar-refractivity contribution >= 4 is 20.6 Å². The lowest BCUT2D eigenvalue weighted by molar-refractivity contribution is -0.137. The number of rotatable bonds is 15. The van der Waals surface area contributed by atoms with Gasteiger partial charge in [0, 0.05) is 13.2 Å². The van der Waals surface area contributed by atoms with E-state index in [4.69, 9.17) is 9.47 Å². The molecule has 3 rings (SSSR count). The Morgan fingerprint density at radius 1 is 0.923 bits per heavy atom. The van der Waals surface area contributed by atoms with Crippen molar-refractivity contribution in [3.05, 3.63) is 47.0 Å². The second-order valence-electron chi connectivity index (χ2n) is 10.3. The fourth-order valence-electron chi connectivity index (χ4n) is 4.54. The molecule has 0 aliphatic rings. The van der Waals surface area contributed by atoms with Crippen LogP contribution in [0.25, 0.3) is 16.7 Å². The molecule has 0 amide bonds. The predicted molar refractivity (Wildman–Crippen MR) is 149 cm³/mol. The summed E-state index contributed by atoms with van der Waals surface area (Å²) in [6, 6.07) is 8.11. The normalized spacial score (nSPS) is 12.6. The molecular weight excluding hydrogens is 523 g/mol. The van der Waals surface area contributed by atoms with Gasteiger partial charge in [0.05, 0.1) is 5.56 Å². The van der Waals surface area contributed by atoms with Gasteiger partial charge in [-0.2, -0.15) is 13.2 Å². The van der Waals surface area contributed by atoms with E-state index < -0.39 is 11.7 Å². The summed E-state index contributed by atoms with van der Waals surface area (Å²) >= 11 is 0. The van der Waals surface area contributed by atoms with Crippen molar-refractivity contribution in [2.75, 3.05) is 13.2 Å². The van der Waals surface area contributed by atoms with Gasteiger partial charge in [-0.15, -0.1) is 15.0 Å². The Morgan fingerprint density at radius 2 is 1.62 bits per heavy atom. The van der Waals surface area contributed by atoms with E-state index in [1.54, 1.807) is 0 Å². The molecule has 214 valence electrons. The number of hydrogen-bond donors (Lipinski definition) is 1. The molecule has 0 aliphatic heterocycles. The van der Waals surface area contributed by atoms with Gasteiger partial charge in [-0.3, -0.25) is 0 Å². The summed E-state index contributed by atoms with van der Waals surface area (Å²) < 4.78 is 51.1. The molecule has 10 heteroatoms. The average Bonchev–Trinajstić information content (AvgIpc) is 3.30. The average molecular weight is 564 g/mol. The number of alkyl halides is 3. The van der Waals surface area contributed by atoms with E-state index in [-0.39, 0.29) is 22.6 Å². The van der Waals surface area contributed by atoms with Crippen LogP contribution in [0.3, 0.4) is 0 Å². The first-order chi connectivity index (χ1) is 18.5. The molecule has 2 radical (unpaired) electrons. The minimum absolute atomic E-state index is 0.0500. The molecule has 1 heterocycles. The quantitative estimate of drug-likeness (QED) is 0.118. The summed E-state index contributed by atoms with van der Waals surface area (Å²) in [5.74, 6) is -0.163. The van der Waals surface area contributed by atoms with E-state index in [0.717, 1.165) is 61.4 Å². The van der Waals surface area contributed by atoms with Crippen LogP contribution in [-0.2, 0) is 27.5 Å². The zero-order valence-corrected chi connectivity index (χ0v) is 24.6. The molecule has 0 spiro atoms. The summed E-state index contributed by atoms with van der Waals surface area (Å²) in [4.78, 5) is 1.26. The van der Waals surface area contributed by atoms with E-state index in [0.29, 0.717) is 40.4 Å². The highest BCUT2D eigenvalue weighted by molar-refractivity contribution is 6.36. The standard InChI is InChI=1S/C29H40F3N3O3Si/c1-6-9-10-15-28(4,5)22-17-20(12-11-16-39-27(37-7-2)38-8-3)26(36)25(19-22)35-33-23-14-13-21(29(30,31)32)18-24(23)34-35/h13-14,17-19,27,36H,6-12,15-16H2,1-5H3. The second-order valence-corrected chi connectivity index (χ2v) is 11.7. The third kappa shape index (κ3) is 8.28. The van der Waals surface area contributed by atoms with Crippen LogP contribution in [0.4, 0.5) is 13.2 Å². The van der Waals surface area contributed by atoms with Gasteiger partial charge in [0.2, 0.25) is 0 Å². The van der Waals surface area contributed by atoms with Crippen LogP contribution in [0.1, 0.15) is 83.4 Å². The minimum atomic E-state index is -4.47. The maximum absolute atomic E-state index is 13.2. The zero-order chi connectivity index (χ0) is 28.6. The first-order valence-electron chi connectivity index (χ1n) is 13.8. The van der Waals surface area contributed by atoms with Crippen molar-refractivity contribution in [2.24, 2.45) is 0 Å². The van der Waals surface area contributed by atoms with E-state index >= 15 is 0 Å². The Hall–Kier alpha value is -2.43. The fraction of sp³-hybridized carbons (Fsp3) is 0.586. The number of unbranched alkanes of at least 4 members (excludes halogenated alkanes) is 2. The van der Waals surface area contributed by atoms with Gasteiger partial charge in [0.1, 0.15) is 37.9 Å². The summed E-state index contributed by atoms with van der Waals surface area (Å²) in [7, 11) is 0.481. The number of nitrogens with zero attached hydrogens (tertiary/aromatic N) is 3. The van der Waals surface area contributed by atoms with Crippen molar-refractivity contribution in [3.63, 3.8) is 0 Å². The van der Waals surface area contributed by atoms with Crippen molar-refractivity contribution < 1.29 is 27.8 Å². The number of benzene rings is 2. The van der Waals surface area contributed by atoms with Crippen molar-refractivity contribution in [3.8, 4) is 11.4 Å². The molecule has 0 saturated carbocycles. The molecule has 0 aliphatic carbocycles. The highest BCUT2D eigenvalue weighted by Crippen LogP contribution is 2.37. The van der Waals surface area contributed by atoms with Gasteiger partial charge in [-0.05, 0) is 67.5 Å². The number of phenols is 1. The molecule has 0 atom stereocenters. The number of fused-ring (bicyclic) bond motifs is 1. The van der Waals surface area contributed by atoms with E-state index in [9.17, 15) is 18.3 Å². The molecule has 6 nitrogen and oxygen atoms in total. The lowest BCUT2D eigenvalue weighted by Crippen LogP contribution is -2.24. The zero-order valence-electron chi connectivity index (χ0n) is 23.6. The molecule has 39 heavy (non-hydrogen) atoms. The lowest BCUT2D eigenvalue weighted by atomic mass is 9.79. The Labute approximate surface area is 231 Å². The monoisotopic (exact) mass is 563 g/mol. The third-order valence-electron chi connectivity index (χ3n) is 6.85. The molecule has 0 fully saturated rings. The Kier molecular flexibility index (Phi) is 11.0. The van der Waals surface area contributed by atoms with Crippen molar-refractivity contribution in [1.82, 2.24) is 15.0 Å². The molecule has 1 N–H and O–H groups in total. The van der Waals surface area contributed by atoms with Crippen LogP contribution in [0.2, 0.25) is 6.04 Å². The highest BCUT2D eigenvalue weighted by Gasteiger charge is 2.31. The van der Waals surface area contributed by atoms with Crippen LogP contribution in [-0.4, -0.2) is 48.7 Å². The summed E-state index contributed by atoms with van der Waals surface area (Å²) in [6.07, 6.45) is 1.30. The number of halogens is 3. The molecule has 0 saturated heterocycles. The predicted octanol–water partition coefficient (Wildman–Crippen LogP) is 7.41. The minimum Gasteiger partial charge on any atom is -0.505 e. The highest BCUT2D eigenvalue weighted by atomic mass is 28.2. The van der Waals surface area contributed by atoms with Crippen LogP contribution < -0.4 is 0 Å². The molecule has 1 aromatic heterocycles. The van der Waals surface area contributed by atoms with Gasteiger partial charge in [-0.25, -0.2) is 0 Å². The maximum atomic E-state index is 13.2. The van der Waals surface area contributed by atoms with E-state index in [1.165, 1.54) is 10.9 Å². The molecule has 3 aromatic rings. The Bertz CT molecular complexity index is 1210. The summed E-state index contributed by atoms with van der Waals surface area (Å²) in [5, 5.41) is 20.1. The number of hydrogen-bond acceptors (Lipinski definition) is 5. The number of ether oxygens (including phenoxy) is 2. The first kappa shape index (κ1) is 31.1. The lowest BCUT2D eigenvalue weighted by Gasteiger charge is -2.27. The third-order valence-corrected chi connectivity index (χ3v) is 8.16. The maximum Gasteiger partial charge on any atom is 0.416 e. The second kappa shape index (κ2) is 13.8. The topological polar surface area (TPSA) is 69.4 Å². The number of aromatic hydroxyl groups is 1.